The second-order valence-electron chi connectivity index (χ2n) is 3.07. The Bertz CT molecular complexity index is 507. The first-order valence-corrected chi connectivity index (χ1v) is 5.25. The fourth-order valence-corrected chi connectivity index (χ4v) is 2.37. The highest BCUT2D eigenvalue weighted by atomic mass is 32.1. The van der Waals surface area contributed by atoms with E-state index < -0.39 is 0 Å². The number of aromatic hydroxyl groups is 1. The molecule has 0 aliphatic carbocycles. The molecule has 0 aliphatic heterocycles. The summed E-state index contributed by atoms with van der Waals surface area (Å²) >= 11 is 1.23. The van der Waals surface area contributed by atoms with Crippen LogP contribution in [-0.4, -0.2) is 28.1 Å². The zero-order chi connectivity index (χ0) is 10.8. The molecule has 0 unspecified atom stereocenters. The van der Waals surface area contributed by atoms with Gasteiger partial charge in [-0.15, -0.1) is 11.3 Å². The number of aldehydes is 1. The van der Waals surface area contributed by atoms with Crippen molar-refractivity contribution in [3.05, 3.63) is 22.7 Å². The van der Waals surface area contributed by atoms with E-state index in [0.29, 0.717) is 23.2 Å². The van der Waals surface area contributed by atoms with Gasteiger partial charge in [-0.05, 0) is 18.1 Å². The Labute approximate surface area is 89.8 Å². The van der Waals surface area contributed by atoms with Crippen molar-refractivity contribution in [1.82, 2.24) is 4.98 Å². The van der Waals surface area contributed by atoms with Gasteiger partial charge in [0, 0.05) is 6.61 Å². The molecule has 4 nitrogen and oxygen atoms in total. The molecule has 0 bridgehead atoms. The second-order valence-corrected chi connectivity index (χ2v) is 4.10. The number of phenolic OH excluding ortho intramolecular Hbond substituents is 1. The highest BCUT2D eigenvalue weighted by Crippen LogP contribution is 2.31. The third kappa shape index (κ3) is 1.71. The molecule has 0 saturated carbocycles. The summed E-state index contributed by atoms with van der Waals surface area (Å²) < 4.78 is 0.770. The lowest BCUT2D eigenvalue weighted by Crippen LogP contribution is -1.90. The summed E-state index contributed by atoms with van der Waals surface area (Å²) in [6, 6.07) is 3.27. The molecule has 2 rings (SSSR count). The van der Waals surface area contributed by atoms with Crippen molar-refractivity contribution in [2.75, 3.05) is 6.61 Å². The number of rotatable bonds is 3. The number of thiazole rings is 1. The molecule has 0 saturated heterocycles. The van der Waals surface area contributed by atoms with Crippen LogP contribution >= 0.6 is 11.3 Å². The van der Waals surface area contributed by atoms with E-state index in [1.165, 1.54) is 17.4 Å². The summed E-state index contributed by atoms with van der Waals surface area (Å²) in [6.07, 6.45) is 1.16. The van der Waals surface area contributed by atoms with Crippen molar-refractivity contribution < 1.29 is 15.0 Å². The number of fused-ring (bicyclic) bond motifs is 1. The average Bonchev–Trinajstić information content (AvgIpc) is 2.67. The Morgan fingerprint density at radius 3 is 2.93 bits per heavy atom. The first kappa shape index (κ1) is 10.1. The predicted molar refractivity (Wildman–Crippen MR) is 57.5 cm³/mol. The van der Waals surface area contributed by atoms with Gasteiger partial charge in [0.05, 0.1) is 4.70 Å². The minimum Gasteiger partial charge on any atom is -0.506 e. The number of nitrogens with zero attached hydrogens (tertiary/aromatic N) is 1. The number of phenols is 1. The highest BCUT2D eigenvalue weighted by molar-refractivity contribution is 7.20. The molecule has 2 N–H and O–H groups in total. The first-order valence-electron chi connectivity index (χ1n) is 4.43. The van der Waals surface area contributed by atoms with Crippen LogP contribution < -0.4 is 0 Å². The maximum atomic E-state index is 10.6. The molecule has 0 radical (unpaired) electrons. The predicted octanol–water partition coefficient (Wildman–Crippen LogP) is 1.35. The van der Waals surface area contributed by atoms with Crippen LogP contribution in [-0.2, 0) is 6.42 Å². The maximum absolute atomic E-state index is 10.6. The van der Waals surface area contributed by atoms with E-state index >= 15 is 0 Å². The molecule has 1 aromatic carbocycles. The van der Waals surface area contributed by atoms with Gasteiger partial charge in [0.2, 0.25) is 0 Å². The van der Waals surface area contributed by atoms with Crippen LogP contribution in [0.15, 0.2) is 12.1 Å². The molecule has 0 fully saturated rings. The summed E-state index contributed by atoms with van der Waals surface area (Å²) in [7, 11) is 0. The minimum absolute atomic E-state index is 0.0359. The fraction of sp³-hybridized carbons (Fsp3) is 0.200. The Morgan fingerprint density at radius 1 is 1.47 bits per heavy atom. The van der Waals surface area contributed by atoms with Crippen molar-refractivity contribution in [2.24, 2.45) is 0 Å². The zero-order valence-electron chi connectivity index (χ0n) is 7.80. The van der Waals surface area contributed by atoms with Gasteiger partial charge >= 0.3 is 0 Å². The van der Waals surface area contributed by atoms with E-state index in [2.05, 4.69) is 4.98 Å². The van der Waals surface area contributed by atoms with Crippen molar-refractivity contribution in [2.45, 2.75) is 6.42 Å². The molecule has 0 atom stereocenters. The van der Waals surface area contributed by atoms with Gasteiger partial charge in [0.25, 0.3) is 0 Å². The summed E-state index contributed by atoms with van der Waals surface area (Å²) in [5.74, 6) is 0.0658. The van der Waals surface area contributed by atoms with Crippen LogP contribution in [0, 0.1) is 0 Å². The third-order valence-corrected chi connectivity index (χ3v) is 3.16. The summed E-state index contributed by atoms with van der Waals surface area (Å²) in [6.45, 7) is 0.0359. The van der Waals surface area contributed by atoms with E-state index in [1.807, 2.05) is 0 Å². The SMILES string of the molecule is O=Cc1nc2c(O)ccc(CCO)c2s1. The van der Waals surface area contributed by atoms with Crippen LogP contribution in [0.1, 0.15) is 15.4 Å². The zero-order valence-corrected chi connectivity index (χ0v) is 8.62. The maximum Gasteiger partial charge on any atom is 0.178 e. The molecular weight excluding hydrogens is 214 g/mol. The van der Waals surface area contributed by atoms with E-state index in [0.717, 1.165) is 10.3 Å². The molecule has 0 spiro atoms. The quantitative estimate of drug-likeness (QED) is 0.770. The van der Waals surface area contributed by atoms with Crippen LogP contribution in [0.25, 0.3) is 10.2 Å². The van der Waals surface area contributed by atoms with Gasteiger partial charge in [0.15, 0.2) is 11.3 Å². The Hall–Kier alpha value is -1.46. The number of aliphatic hydroxyl groups excluding tert-OH is 1. The van der Waals surface area contributed by atoms with Crippen molar-refractivity contribution >= 4 is 27.8 Å². The van der Waals surface area contributed by atoms with Crippen LogP contribution in [0.5, 0.6) is 5.75 Å². The second kappa shape index (κ2) is 3.96. The molecule has 0 amide bonds. The molecule has 1 aromatic heterocycles. The van der Waals surface area contributed by atoms with Gasteiger partial charge in [-0.1, -0.05) is 6.07 Å². The van der Waals surface area contributed by atoms with E-state index in [9.17, 15) is 9.90 Å². The average molecular weight is 223 g/mol. The number of carbonyl (C=O) groups excluding carboxylic acids is 1. The third-order valence-electron chi connectivity index (χ3n) is 2.10. The number of carbonyl (C=O) groups is 1. The van der Waals surface area contributed by atoms with Gasteiger partial charge in [-0.2, -0.15) is 0 Å². The van der Waals surface area contributed by atoms with Gasteiger partial charge in [0.1, 0.15) is 11.3 Å². The van der Waals surface area contributed by atoms with E-state index in [4.69, 9.17) is 5.11 Å². The monoisotopic (exact) mass is 223 g/mol. The first-order chi connectivity index (χ1) is 7.26. The normalized spacial score (nSPS) is 10.7. The number of hydrogen-bond acceptors (Lipinski definition) is 5. The van der Waals surface area contributed by atoms with E-state index in [1.54, 1.807) is 6.07 Å². The van der Waals surface area contributed by atoms with Crippen molar-refractivity contribution in [1.29, 1.82) is 0 Å². The lowest BCUT2D eigenvalue weighted by Gasteiger charge is -2.00. The molecule has 0 aliphatic rings. The molecule has 2 aromatic rings. The summed E-state index contributed by atoms with van der Waals surface area (Å²) in [4.78, 5) is 14.6. The molecule has 15 heavy (non-hydrogen) atoms. The molecular formula is C10H9NO3S. The summed E-state index contributed by atoms with van der Waals surface area (Å²) in [5.41, 5.74) is 1.34. The topological polar surface area (TPSA) is 70.4 Å². The lowest BCUT2D eigenvalue weighted by molar-refractivity contribution is 0.112. The summed E-state index contributed by atoms with van der Waals surface area (Å²) in [5, 5.41) is 18.7. The van der Waals surface area contributed by atoms with Crippen molar-refractivity contribution in [3.63, 3.8) is 0 Å². The van der Waals surface area contributed by atoms with E-state index in [-0.39, 0.29) is 12.4 Å². The number of aromatic nitrogens is 1. The largest absolute Gasteiger partial charge is 0.506 e. The van der Waals surface area contributed by atoms with Crippen molar-refractivity contribution in [3.8, 4) is 5.75 Å². The van der Waals surface area contributed by atoms with Gasteiger partial charge < -0.3 is 10.2 Å². The number of hydrogen-bond donors (Lipinski definition) is 2. The fourth-order valence-electron chi connectivity index (χ4n) is 1.43. The standard InChI is InChI=1S/C10H9NO3S/c12-4-3-6-1-2-7(14)9-10(6)15-8(5-13)11-9/h1-2,5,12,14H,3-4H2. The number of aliphatic hydroxyl groups is 1. The molecule has 1 heterocycles. The smallest absolute Gasteiger partial charge is 0.178 e. The highest BCUT2D eigenvalue weighted by Gasteiger charge is 2.11. The number of benzene rings is 1. The van der Waals surface area contributed by atoms with Gasteiger partial charge in [-0.3, -0.25) is 4.79 Å². The van der Waals surface area contributed by atoms with Crippen LogP contribution in [0.4, 0.5) is 0 Å². The molecule has 5 heteroatoms. The Kier molecular flexibility index (Phi) is 2.66. The lowest BCUT2D eigenvalue weighted by atomic mass is 10.1. The van der Waals surface area contributed by atoms with Gasteiger partial charge in [-0.25, -0.2) is 4.98 Å². The Morgan fingerprint density at radius 2 is 2.27 bits per heavy atom. The van der Waals surface area contributed by atoms with Crippen LogP contribution in [0.2, 0.25) is 0 Å². The van der Waals surface area contributed by atoms with Crippen LogP contribution in [0.3, 0.4) is 0 Å². The minimum atomic E-state index is 0.0359. The Balaban J connectivity index is 2.68. The molecule has 78 valence electrons.